The summed E-state index contributed by atoms with van der Waals surface area (Å²) in [7, 11) is 2.78. The third-order valence-electron chi connectivity index (χ3n) is 6.51. The van der Waals surface area contributed by atoms with Crippen molar-refractivity contribution in [2.45, 2.75) is 64.6 Å². The first-order valence-electron chi connectivity index (χ1n) is 13.3. The van der Waals surface area contributed by atoms with E-state index in [1.54, 1.807) is 44.2 Å². The number of methoxy groups -OCH3 is 2. The molecule has 0 unspecified atom stereocenters. The lowest BCUT2D eigenvalue weighted by molar-refractivity contribution is -0.247. The number of phenols is 1. The van der Waals surface area contributed by atoms with E-state index in [-0.39, 0.29) is 30.9 Å². The van der Waals surface area contributed by atoms with E-state index in [1.165, 1.54) is 34.1 Å². The van der Waals surface area contributed by atoms with Gasteiger partial charge in [0.2, 0.25) is 0 Å². The van der Waals surface area contributed by atoms with Crippen molar-refractivity contribution >= 4 is 23.9 Å². The predicted octanol–water partition coefficient (Wildman–Crippen LogP) is 3.05. The fourth-order valence-electron chi connectivity index (χ4n) is 4.82. The Morgan fingerprint density at radius 3 is 2.24 bits per heavy atom. The highest BCUT2D eigenvalue weighted by atomic mass is 16.7. The summed E-state index contributed by atoms with van der Waals surface area (Å²) in [6.45, 7) is 5.48. The van der Waals surface area contributed by atoms with Crippen LogP contribution in [0.3, 0.4) is 0 Å². The van der Waals surface area contributed by atoms with Crippen LogP contribution in [0.4, 0.5) is 0 Å². The van der Waals surface area contributed by atoms with Gasteiger partial charge in [-0.2, -0.15) is 0 Å². The van der Waals surface area contributed by atoms with Gasteiger partial charge in [-0.15, -0.1) is 0 Å². The van der Waals surface area contributed by atoms with Gasteiger partial charge in [-0.25, -0.2) is 9.59 Å². The number of benzene rings is 2. The number of carbonyl (C=O) groups excluding carboxylic acids is 4. The molecule has 0 spiro atoms. The Morgan fingerprint density at radius 2 is 1.62 bits per heavy atom. The van der Waals surface area contributed by atoms with Crippen LogP contribution in [0.1, 0.15) is 60.8 Å². The zero-order chi connectivity index (χ0) is 31.0. The minimum absolute atomic E-state index is 0.0414. The third kappa shape index (κ3) is 7.77. The molecule has 228 valence electrons. The second-order valence-electron chi connectivity index (χ2n) is 9.58. The maximum Gasteiger partial charge on any atom is 0.341 e. The van der Waals surface area contributed by atoms with Crippen molar-refractivity contribution in [1.29, 1.82) is 0 Å². The summed E-state index contributed by atoms with van der Waals surface area (Å²) in [4.78, 5) is 48.9. The summed E-state index contributed by atoms with van der Waals surface area (Å²) in [6, 6.07) is 9.98. The highest BCUT2D eigenvalue weighted by Crippen LogP contribution is 2.41. The van der Waals surface area contributed by atoms with Gasteiger partial charge < -0.3 is 38.3 Å². The highest BCUT2D eigenvalue weighted by Gasteiger charge is 2.51. The first-order valence-corrected chi connectivity index (χ1v) is 13.3. The Bertz CT molecular complexity index is 1290. The Hall–Kier alpha value is -4.16. The van der Waals surface area contributed by atoms with E-state index in [1.807, 2.05) is 0 Å². The van der Waals surface area contributed by atoms with Gasteiger partial charge in [-0.05, 0) is 43.2 Å². The molecule has 1 aliphatic rings. The molecule has 5 atom stereocenters. The largest absolute Gasteiger partial charge is 0.507 e. The van der Waals surface area contributed by atoms with E-state index in [9.17, 15) is 24.3 Å². The molecular weight excluding hydrogens is 552 g/mol. The van der Waals surface area contributed by atoms with Crippen molar-refractivity contribution in [2.24, 2.45) is 0 Å². The van der Waals surface area contributed by atoms with Crippen LogP contribution in [-0.4, -0.2) is 80.8 Å². The Labute approximate surface area is 243 Å². The van der Waals surface area contributed by atoms with E-state index in [4.69, 9.17) is 33.2 Å². The smallest absolute Gasteiger partial charge is 0.341 e. The molecule has 1 N–H and O–H groups in total. The molecule has 12 heteroatoms. The Kier molecular flexibility index (Phi) is 11.3. The number of hydrogen-bond donors (Lipinski definition) is 1. The minimum atomic E-state index is -1.24. The van der Waals surface area contributed by atoms with E-state index in [0.29, 0.717) is 22.4 Å². The molecule has 42 heavy (non-hydrogen) atoms. The number of esters is 4. The van der Waals surface area contributed by atoms with Crippen LogP contribution in [0.5, 0.6) is 11.5 Å². The van der Waals surface area contributed by atoms with Crippen molar-refractivity contribution in [3.05, 3.63) is 58.7 Å². The SMILES string of the molecule is CCOC(=O)c1cccc(Cc2ccc(OC)c([C@H]3O[C@@H](C)[C@@H](OC(C)=O)[C@@H](OC(=O)COC)[C@@H]3OC(C)=O)c2)c1O. The van der Waals surface area contributed by atoms with E-state index < -0.39 is 54.4 Å². The molecule has 0 amide bonds. The minimum Gasteiger partial charge on any atom is -0.507 e. The summed E-state index contributed by atoms with van der Waals surface area (Å²) in [6.07, 6.45) is -5.20. The van der Waals surface area contributed by atoms with Crippen molar-refractivity contribution in [1.82, 2.24) is 0 Å². The van der Waals surface area contributed by atoms with Gasteiger partial charge in [0.25, 0.3) is 0 Å². The summed E-state index contributed by atoms with van der Waals surface area (Å²) >= 11 is 0. The molecule has 12 nitrogen and oxygen atoms in total. The van der Waals surface area contributed by atoms with Gasteiger partial charge in [-0.3, -0.25) is 9.59 Å². The molecule has 1 heterocycles. The number of carbonyl (C=O) groups is 4. The van der Waals surface area contributed by atoms with Gasteiger partial charge in [0.05, 0.1) is 19.8 Å². The number of ether oxygens (including phenoxy) is 7. The summed E-state index contributed by atoms with van der Waals surface area (Å²) < 4.78 is 38.5. The zero-order valence-corrected chi connectivity index (χ0v) is 24.4. The van der Waals surface area contributed by atoms with Crippen molar-refractivity contribution < 1.29 is 57.4 Å². The summed E-state index contributed by atoms with van der Waals surface area (Å²) in [5, 5.41) is 10.8. The molecule has 1 fully saturated rings. The second kappa shape index (κ2) is 14.6. The average molecular weight is 589 g/mol. The highest BCUT2D eigenvalue weighted by molar-refractivity contribution is 5.92. The normalized spacial score (nSPS) is 21.6. The molecule has 0 radical (unpaired) electrons. The quantitative estimate of drug-likeness (QED) is 0.303. The lowest BCUT2D eigenvalue weighted by Crippen LogP contribution is -2.57. The van der Waals surface area contributed by atoms with Gasteiger partial charge in [0.1, 0.15) is 29.8 Å². The molecule has 0 aliphatic carbocycles. The number of hydrogen-bond acceptors (Lipinski definition) is 12. The molecule has 2 aromatic carbocycles. The van der Waals surface area contributed by atoms with Gasteiger partial charge in [0.15, 0.2) is 18.3 Å². The van der Waals surface area contributed by atoms with Crippen LogP contribution in [0.15, 0.2) is 36.4 Å². The predicted molar refractivity (Wildman–Crippen MR) is 146 cm³/mol. The summed E-state index contributed by atoms with van der Waals surface area (Å²) in [5.74, 6) is -2.56. The maximum absolute atomic E-state index is 12.5. The zero-order valence-electron chi connectivity index (χ0n) is 24.4. The molecular formula is C30H36O12. The standard InChI is InChI=1S/C30H36O12/c1-7-38-30(35)21-10-8-9-20(25(21)34)13-19-11-12-23(37-6)22(14-19)27-29(41-18(4)32)28(42-24(33)15-36-5)26(16(2)39-27)40-17(3)31/h8-12,14,16,26-29,34H,7,13,15H2,1-6H3/t16-,26+,27+,28+,29+/m0/s1. The monoisotopic (exact) mass is 588 g/mol. The fraction of sp³-hybridized carbons (Fsp3) is 0.467. The van der Waals surface area contributed by atoms with Gasteiger partial charge in [-0.1, -0.05) is 18.2 Å². The third-order valence-corrected chi connectivity index (χ3v) is 6.51. The van der Waals surface area contributed by atoms with Crippen molar-refractivity contribution in [2.75, 3.05) is 27.4 Å². The first kappa shape index (κ1) is 32.4. The topological polar surface area (TPSA) is 153 Å². The van der Waals surface area contributed by atoms with Crippen LogP contribution in [-0.2, 0) is 49.2 Å². The molecule has 3 rings (SSSR count). The molecule has 2 aromatic rings. The molecule has 0 saturated carbocycles. The van der Waals surface area contributed by atoms with Crippen LogP contribution in [0, 0.1) is 0 Å². The van der Waals surface area contributed by atoms with Crippen LogP contribution in [0.2, 0.25) is 0 Å². The lowest BCUT2D eigenvalue weighted by Gasteiger charge is -2.44. The van der Waals surface area contributed by atoms with E-state index >= 15 is 0 Å². The Morgan fingerprint density at radius 1 is 0.929 bits per heavy atom. The molecule has 1 saturated heterocycles. The lowest BCUT2D eigenvalue weighted by atomic mass is 9.89. The molecule has 1 aliphatic heterocycles. The number of rotatable bonds is 11. The Balaban J connectivity index is 2.07. The van der Waals surface area contributed by atoms with Crippen LogP contribution >= 0.6 is 0 Å². The van der Waals surface area contributed by atoms with Gasteiger partial charge in [0, 0.05) is 32.9 Å². The van der Waals surface area contributed by atoms with E-state index in [2.05, 4.69) is 0 Å². The molecule has 0 bridgehead atoms. The maximum atomic E-state index is 12.5. The van der Waals surface area contributed by atoms with Crippen LogP contribution in [0.25, 0.3) is 0 Å². The van der Waals surface area contributed by atoms with Crippen LogP contribution < -0.4 is 4.74 Å². The fourth-order valence-corrected chi connectivity index (χ4v) is 4.82. The number of para-hydroxylation sites is 1. The van der Waals surface area contributed by atoms with Crippen molar-refractivity contribution in [3.8, 4) is 11.5 Å². The number of phenolic OH excluding ortho intramolecular Hbond substituents is 1. The van der Waals surface area contributed by atoms with E-state index in [0.717, 1.165) is 0 Å². The van der Waals surface area contributed by atoms with Crippen molar-refractivity contribution in [3.63, 3.8) is 0 Å². The summed E-state index contributed by atoms with van der Waals surface area (Å²) in [5.41, 5.74) is 1.64. The average Bonchev–Trinajstić information content (AvgIpc) is 2.93. The van der Waals surface area contributed by atoms with Gasteiger partial charge >= 0.3 is 23.9 Å². The molecule has 0 aromatic heterocycles. The first-order chi connectivity index (χ1) is 20.0. The second-order valence-corrected chi connectivity index (χ2v) is 9.58. The number of aromatic hydroxyl groups is 1.